The van der Waals surface area contributed by atoms with Gasteiger partial charge in [-0.25, -0.2) is 4.98 Å². The maximum absolute atomic E-state index is 12.8. The van der Waals surface area contributed by atoms with E-state index in [-0.39, 0.29) is 19.0 Å². The number of hydrogen-bond donors (Lipinski definition) is 3. The second-order valence-corrected chi connectivity index (χ2v) is 6.85. The van der Waals surface area contributed by atoms with Crippen molar-refractivity contribution in [3.05, 3.63) is 23.9 Å². The summed E-state index contributed by atoms with van der Waals surface area (Å²) in [4.78, 5) is 7.76. The molecular weight excluding hydrogens is 339 g/mol. The topological polar surface area (TPSA) is 80.1 Å². The summed E-state index contributed by atoms with van der Waals surface area (Å²) in [7, 11) is 0. The van der Waals surface area contributed by atoms with Crippen LogP contribution in [0.2, 0.25) is 0 Å². The molecule has 0 spiro atoms. The lowest BCUT2D eigenvalue weighted by Crippen LogP contribution is -2.56. The van der Waals surface area contributed by atoms with Crippen molar-refractivity contribution < 1.29 is 28.5 Å². The first-order valence-corrected chi connectivity index (χ1v) is 8.29. The van der Waals surface area contributed by atoms with Crippen LogP contribution in [0.5, 0.6) is 0 Å². The first-order chi connectivity index (χ1) is 11.7. The van der Waals surface area contributed by atoms with Crippen LogP contribution in [0.4, 0.5) is 19.0 Å². The summed E-state index contributed by atoms with van der Waals surface area (Å²) >= 11 is 0. The Labute approximate surface area is 143 Å². The SMILES string of the molecule is O[C@H]1[C@H](O)CN(C[C@H]2CCN(c3cc(C(F)(F)F)ccn3)C2)C[C@@H]1O. The molecule has 1 aromatic rings. The van der Waals surface area contributed by atoms with E-state index in [1.165, 1.54) is 6.20 Å². The van der Waals surface area contributed by atoms with Gasteiger partial charge in [-0.3, -0.25) is 4.90 Å². The zero-order chi connectivity index (χ0) is 18.2. The van der Waals surface area contributed by atoms with Crippen molar-refractivity contribution in [2.75, 3.05) is 37.6 Å². The number of anilines is 1. The second-order valence-electron chi connectivity index (χ2n) is 6.85. The molecule has 2 fully saturated rings. The number of halogens is 3. The lowest BCUT2D eigenvalue weighted by Gasteiger charge is -2.38. The van der Waals surface area contributed by atoms with E-state index in [1.807, 2.05) is 9.80 Å². The average molecular weight is 361 g/mol. The van der Waals surface area contributed by atoms with Crippen molar-refractivity contribution in [3.63, 3.8) is 0 Å². The number of likely N-dealkylation sites (tertiary alicyclic amines) is 1. The van der Waals surface area contributed by atoms with Gasteiger partial charge in [-0.15, -0.1) is 0 Å². The smallest absolute Gasteiger partial charge is 0.389 e. The number of nitrogens with zero attached hydrogens (tertiary/aromatic N) is 3. The number of hydrogen-bond acceptors (Lipinski definition) is 6. The zero-order valence-electron chi connectivity index (χ0n) is 13.6. The van der Waals surface area contributed by atoms with E-state index in [2.05, 4.69) is 4.98 Å². The minimum Gasteiger partial charge on any atom is -0.389 e. The number of aromatic nitrogens is 1. The molecule has 3 N–H and O–H groups in total. The monoisotopic (exact) mass is 361 g/mol. The molecule has 0 radical (unpaired) electrons. The van der Waals surface area contributed by atoms with Crippen molar-refractivity contribution in [1.82, 2.24) is 9.88 Å². The summed E-state index contributed by atoms with van der Waals surface area (Å²) in [5.41, 5.74) is -0.711. The third kappa shape index (κ3) is 4.22. The first kappa shape index (κ1) is 18.4. The Hall–Kier alpha value is -1.42. The van der Waals surface area contributed by atoms with Crippen LogP contribution in [0.25, 0.3) is 0 Å². The van der Waals surface area contributed by atoms with Crippen molar-refractivity contribution >= 4 is 5.82 Å². The molecule has 3 rings (SSSR count). The lowest BCUT2D eigenvalue weighted by atomic mass is 10.00. The minimum atomic E-state index is -4.39. The van der Waals surface area contributed by atoms with Gasteiger partial charge in [0.15, 0.2) is 0 Å². The molecule has 0 amide bonds. The van der Waals surface area contributed by atoms with Crippen LogP contribution in [-0.2, 0) is 6.18 Å². The van der Waals surface area contributed by atoms with Crippen LogP contribution in [0.1, 0.15) is 12.0 Å². The van der Waals surface area contributed by atoms with Gasteiger partial charge in [0.2, 0.25) is 0 Å². The molecule has 3 heterocycles. The van der Waals surface area contributed by atoms with Gasteiger partial charge in [-0.1, -0.05) is 0 Å². The molecule has 2 aliphatic rings. The highest BCUT2D eigenvalue weighted by molar-refractivity contribution is 5.42. The fourth-order valence-corrected chi connectivity index (χ4v) is 3.55. The molecule has 0 aliphatic carbocycles. The molecule has 6 nitrogen and oxygen atoms in total. The van der Waals surface area contributed by atoms with Crippen LogP contribution in [0, 0.1) is 5.92 Å². The van der Waals surface area contributed by atoms with Gasteiger partial charge in [0.1, 0.15) is 11.9 Å². The van der Waals surface area contributed by atoms with E-state index < -0.39 is 30.1 Å². The molecular formula is C16H22F3N3O3. The number of aliphatic hydroxyl groups is 3. The Morgan fingerprint density at radius 1 is 1.12 bits per heavy atom. The van der Waals surface area contributed by atoms with Crippen LogP contribution in [0.15, 0.2) is 18.3 Å². The normalized spacial score (nSPS) is 31.5. The standard InChI is InChI=1S/C16H22F3N3O3/c17-16(18,19)11-1-3-20-14(5-11)22-4-2-10(7-22)6-21-8-12(23)15(25)13(24)9-21/h1,3,5,10,12-13,15,23-25H,2,4,6-9H2/t10-,12-,13+,15+/m1/s1. The molecule has 4 atom stereocenters. The molecule has 25 heavy (non-hydrogen) atoms. The van der Waals surface area contributed by atoms with Gasteiger partial charge in [0.25, 0.3) is 0 Å². The van der Waals surface area contributed by atoms with Crippen molar-refractivity contribution in [2.24, 2.45) is 5.92 Å². The van der Waals surface area contributed by atoms with Gasteiger partial charge in [-0.05, 0) is 24.5 Å². The van der Waals surface area contributed by atoms with Gasteiger partial charge in [-0.2, -0.15) is 13.2 Å². The summed E-state index contributed by atoms with van der Waals surface area (Å²) in [6.45, 7) is 2.34. The maximum Gasteiger partial charge on any atom is 0.416 e. The Morgan fingerprint density at radius 2 is 1.80 bits per heavy atom. The zero-order valence-corrected chi connectivity index (χ0v) is 13.6. The molecule has 2 aliphatic heterocycles. The molecule has 0 bridgehead atoms. The molecule has 9 heteroatoms. The summed E-state index contributed by atoms with van der Waals surface area (Å²) in [6, 6.07) is 2.02. The van der Waals surface area contributed by atoms with Crippen LogP contribution in [-0.4, -0.2) is 76.2 Å². The number of piperidine rings is 1. The van der Waals surface area contributed by atoms with Gasteiger partial charge in [0.05, 0.1) is 17.8 Å². The summed E-state index contributed by atoms with van der Waals surface area (Å²) < 4.78 is 38.5. The quantitative estimate of drug-likeness (QED) is 0.720. The predicted molar refractivity (Wildman–Crippen MR) is 84.0 cm³/mol. The minimum absolute atomic E-state index is 0.200. The van der Waals surface area contributed by atoms with E-state index in [9.17, 15) is 28.5 Å². The van der Waals surface area contributed by atoms with Crippen molar-refractivity contribution in [2.45, 2.75) is 30.9 Å². The summed E-state index contributed by atoms with van der Waals surface area (Å²) in [5, 5.41) is 29.1. The van der Waals surface area contributed by atoms with Gasteiger partial charge in [0, 0.05) is 38.9 Å². The molecule has 0 aromatic carbocycles. The molecule has 0 unspecified atom stereocenters. The third-order valence-electron chi connectivity index (χ3n) is 4.88. The highest BCUT2D eigenvalue weighted by Gasteiger charge is 2.36. The molecule has 140 valence electrons. The summed E-state index contributed by atoms with van der Waals surface area (Å²) in [5.74, 6) is 0.512. The number of aliphatic hydroxyl groups excluding tert-OH is 3. The Bertz CT molecular complexity index is 589. The first-order valence-electron chi connectivity index (χ1n) is 8.29. The Morgan fingerprint density at radius 3 is 2.44 bits per heavy atom. The van der Waals surface area contributed by atoms with E-state index in [0.717, 1.165) is 18.6 Å². The number of β-amino-alcohol motifs (C(OH)–C–C–N with tert-alkyl or cyclic N) is 2. The van der Waals surface area contributed by atoms with Crippen molar-refractivity contribution in [1.29, 1.82) is 0 Å². The largest absolute Gasteiger partial charge is 0.416 e. The fraction of sp³-hybridized carbons (Fsp3) is 0.688. The van der Waals surface area contributed by atoms with Crippen molar-refractivity contribution in [3.8, 4) is 0 Å². The molecule has 0 saturated carbocycles. The number of pyridine rings is 1. The number of alkyl halides is 3. The highest BCUT2D eigenvalue weighted by atomic mass is 19.4. The van der Waals surface area contributed by atoms with E-state index in [0.29, 0.717) is 25.5 Å². The van der Waals surface area contributed by atoms with E-state index in [1.54, 1.807) is 0 Å². The Balaban J connectivity index is 1.59. The van der Waals surface area contributed by atoms with E-state index in [4.69, 9.17) is 0 Å². The fourth-order valence-electron chi connectivity index (χ4n) is 3.55. The van der Waals surface area contributed by atoms with Crippen LogP contribution >= 0.6 is 0 Å². The highest BCUT2D eigenvalue weighted by Crippen LogP contribution is 2.32. The van der Waals surface area contributed by atoms with Crippen LogP contribution in [0.3, 0.4) is 0 Å². The Kier molecular flexibility index (Phi) is 5.19. The van der Waals surface area contributed by atoms with Gasteiger partial charge >= 0.3 is 6.18 Å². The second kappa shape index (κ2) is 7.06. The average Bonchev–Trinajstić information content (AvgIpc) is 3.00. The number of rotatable bonds is 3. The predicted octanol–water partition coefficient (Wildman–Crippen LogP) is 0.325. The summed E-state index contributed by atoms with van der Waals surface area (Å²) in [6.07, 6.45) is -5.55. The van der Waals surface area contributed by atoms with Crippen LogP contribution < -0.4 is 4.90 Å². The molecule has 2 saturated heterocycles. The van der Waals surface area contributed by atoms with E-state index >= 15 is 0 Å². The maximum atomic E-state index is 12.8. The molecule has 1 aromatic heterocycles. The lowest BCUT2D eigenvalue weighted by molar-refractivity contribution is -0.137. The third-order valence-corrected chi connectivity index (χ3v) is 4.88. The van der Waals surface area contributed by atoms with Gasteiger partial charge < -0.3 is 20.2 Å².